The van der Waals surface area contributed by atoms with Crippen LogP contribution in [-0.4, -0.2) is 36.6 Å². The van der Waals surface area contributed by atoms with Gasteiger partial charge in [-0.1, -0.05) is 26.2 Å². The SMILES string of the molecule is CCCN(CC1CCCN1)C1CCC12CCCCC2. The molecule has 0 aromatic heterocycles. The summed E-state index contributed by atoms with van der Waals surface area (Å²) >= 11 is 0. The number of rotatable bonds is 5. The first-order valence-electron chi connectivity index (χ1n) is 8.81. The van der Waals surface area contributed by atoms with E-state index in [-0.39, 0.29) is 0 Å². The Morgan fingerprint density at radius 1 is 1.05 bits per heavy atom. The molecular formula is C17H32N2. The predicted molar refractivity (Wildman–Crippen MR) is 81.4 cm³/mol. The maximum Gasteiger partial charge on any atom is 0.0195 e. The van der Waals surface area contributed by atoms with Crippen molar-refractivity contribution in [3.63, 3.8) is 0 Å². The van der Waals surface area contributed by atoms with Gasteiger partial charge in [-0.15, -0.1) is 0 Å². The lowest BCUT2D eigenvalue weighted by atomic mass is 9.57. The molecule has 0 aromatic rings. The second-order valence-electron chi connectivity index (χ2n) is 7.27. The van der Waals surface area contributed by atoms with Crippen molar-refractivity contribution >= 4 is 0 Å². The molecule has 2 nitrogen and oxygen atoms in total. The molecule has 1 spiro atoms. The average Bonchev–Trinajstić information content (AvgIpc) is 2.92. The van der Waals surface area contributed by atoms with Crippen molar-refractivity contribution in [2.45, 2.75) is 83.2 Å². The fourth-order valence-corrected chi connectivity index (χ4v) is 4.95. The van der Waals surface area contributed by atoms with E-state index in [4.69, 9.17) is 0 Å². The molecule has 3 fully saturated rings. The summed E-state index contributed by atoms with van der Waals surface area (Å²) in [5, 5.41) is 3.70. The number of hydrogen-bond donors (Lipinski definition) is 1. The number of nitrogens with zero attached hydrogens (tertiary/aromatic N) is 1. The van der Waals surface area contributed by atoms with Crippen molar-refractivity contribution in [3.8, 4) is 0 Å². The molecule has 0 radical (unpaired) electrons. The molecule has 0 amide bonds. The van der Waals surface area contributed by atoms with Crippen LogP contribution in [0.15, 0.2) is 0 Å². The van der Waals surface area contributed by atoms with Crippen LogP contribution in [0.3, 0.4) is 0 Å². The molecule has 0 bridgehead atoms. The zero-order valence-corrected chi connectivity index (χ0v) is 12.8. The van der Waals surface area contributed by atoms with Crippen molar-refractivity contribution in [2.75, 3.05) is 19.6 Å². The van der Waals surface area contributed by atoms with Gasteiger partial charge in [-0.25, -0.2) is 0 Å². The maximum atomic E-state index is 3.70. The molecule has 3 aliphatic rings. The molecular weight excluding hydrogens is 232 g/mol. The van der Waals surface area contributed by atoms with Gasteiger partial charge in [-0.2, -0.15) is 0 Å². The van der Waals surface area contributed by atoms with E-state index in [0.29, 0.717) is 0 Å². The second-order valence-corrected chi connectivity index (χ2v) is 7.27. The monoisotopic (exact) mass is 264 g/mol. The lowest BCUT2D eigenvalue weighted by molar-refractivity contribution is -0.0554. The number of hydrogen-bond acceptors (Lipinski definition) is 2. The van der Waals surface area contributed by atoms with Crippen LogP contribution in [0.4, 0.5) is 0 Å². The minimum Gasteiger partial charge on any atom is -0.313 e. The molecule has 0 aromatic carbocycles. The first kappa shape index (κ1) is 13.9. The Balaban J connectivity index is 1.61. The summed E-state index contributed by atoms with van der Waals surface area (Å²) in [6.07, 6.45) is 14.6. The van der Waals surface area contributed by atoms with Crippen LogP contribution in [0, 0.1) is 5.41 Å². The molecule has 1 heterocycles. The highest BCUT2D eigenvalue weighted by atomic mass is 15.2. The molecule has 1 N–H and O–H groups in total. The summed E-state index contributed by atoms with van der Waals surface area (Å²) < 4.78 is 0. The van der Waals surface area contributed by atoms with Gasteiger partial charge >= 0.3 is 0 Å². The minimum absolute atomic E-state index is 0.742. The first-order chi connectivity index (χ1) is 9.34. The van der Waals surface area contributed by atoms with Crippen molar-refractivity contribution in [3.05, 3.63) is 0 Å². The fourth-order valence-electron chi connectivity index (χ4n) is 4.95. The Labute approximate surface area is 119 Å². The maximum absolute atomic E-state index is 3.70. The molecule has 2 aliphatic carbocycles. The Bertz CT molecular complexity index is 277. The third-order valence-corrected chi connectivity index (χ3v) is 6.04. The first-order valence-corrected chi connectivity index (χ1v) is 8.81. The van der Waals surface area contributed by atoms with Gasteiger partial charge in [0, 0.05) is 18.6 Å². The highest BCUT2D eigenvalue weighted by Crippen LogP contribution is 2.53. The normalized spacial score (nSPS) is 33.8. The molecule has 2 unspecified atom stereocenters. The lowest BCUT2D eigenvalue weighted by Gasteiger charge is -2.57. The minimum atomic E-state index is 0.742. The molecule has 2 atom stereocenters. The summed E-state index contributed by atoms with van der Waals surface area (Å²) in [6.45, 7) is 6.24. The molecule has 2 heteroatoms. The van der Waals surface area contributed by atoms with Gasteiger partial charge < -0.3 is 5.32 Å². The predicted octanol–water partition coefficient (Wildman–Crippen LogP) is 3.56. The standard InChI is InChI=1S/C17H32N2/c1-2-13-19(14-15-7-6-12-18-15)16-8-11-17(16)9-4-3-5-10-17/h15-16,18H,2-14H2,1H3. The van der Waals surface area contributed by atoms with Crippen LogP contribution in [-0.2, 0) is 0 Å². The van der Waals surface area contributed by atoms with Crippen LogP contribution in [0.25, 0.3) is 0 Å². The van der Waals surface area contributed by atoms with E-state index >= 15 is 0 Å². The van der Waals surface area contributed by atoms with Crippen LogP contribution < -0.4 is 5.32 Å². The molecule has 19 heavy (non-hydrogen) atoms. The van der Waals surface area contributed by atoms with Crippen molar-refractivity contribution in [1.29, 1.82) is 0 Å². The Hall–Kier alpha value is -0.0800. The summed E-state index contributed by atoms with van der Waals surface area (Å²) in [5.74, 6) is 0. The molecule has 110 valence electrons. The van der Waals surface area contributed by atoms with E-state index in [1.807, 2.05) is 0 Å². The van der Waals surface area contributed by atoms with Gasteiger partial charge in [0.1, 0.15) is 0 Å². The molecule has 1 aliphatic heterocycles. The van der Waals surface area contributed by atoms with Gasteiger partial charge in [0.15, 0.2) is 0 Å². The Kier molecular flexibility index (Phi) is 4.48. The summed E-state index contributed by atoms with van der Waals surface area (Å²) in [4.78, 5) is 2.87. The van der Waals surface area contributed by atoms with E-state index < -0.39 is 0 Å². The van der Waals surface area contributed by atoms with Gasteiger partial charge in [0.2, 0.25) is 0 Å². The van der Waals surface area contributed by atoms with Gasteiger partial charge in [0.25, 0.3) is 0 Å². The average molecular weight is 264 g/mol. The van der Waals surface area contributed by atoms with Gasteiger partial charge in [-0.05, 0) is 63.5 Å². The van der Waals surface area contributed by atoms with E-state index in [0.717, 1.165) is 17.5 Å². The third-order valence-electron chi connectivity index (χ3n) is 6.04. The molecule has 2 saturated carbocycles. The zero-order valence-electron chi connectivity index (χ0n) is 12.8. The quantitative estimate of drug-likeness (QED) is 0.817. The number of nitrogens with one attached hydrogen (secondary N) is 1. The lowest BCUT2D eigenvalue weighted by Crippen LogP contribution is -2.58. The zero-order chi connectivity index (χ0) is 13.1. The van der Waals surface area contributed by atoms with E-state index in [1.165, 1.54) is 83.8 Å². The van der Waals surface area contributed by atoms with E-state index in [1.54, 1.807) is 0 Å². The van der Waals surface area contributed by atoms with Crippen molar-refractivity contribution in [1.82, 2.24) is 10.2 Å². The second kappa shape index (κ2) is 6.13. The third kappa shape index (κ3) is 2.85. The largest absolute Gasteiger partial charge is 0.313 e. The van der Waals surface area contributed by atoms with Gasteiger partial charge in [0.05, 0.1) is 0 Å². The van der Waals surface area contributed by atoms with E-state index in [2.05, 4.69) is 17.1 Å². The topological polar surface area (TPSA) is 15.3 Å². The van der Waals surface area contributed by atoms with Gasteiger partial charge in [-0.3, -0.25) is 4.90 Å². The molecule has 1 saturated heterocycles. The summed E-state index contributed by atoms with van der Waals surface area (Å²) in [6, 6.07) is 1.71. The highest BCUT2D eigenvalue weighted by molar-refractivity contribution is 5.03. The highest BCUT2D eigenvalue weighted by Gasteiger charge is 2.49. The smallest absolute Gasteiger partial charge is 0.0195 e. The summed E-state index contributed by atoms with van der Waals surface area (Å²) in [7, 11) is 0. The van der Waals surface area contributed by atoms with E-state index in [9.17, 15) is 0 Å². The Morgan fingerprint density at radius 2 is 1.89 bits per heavy atom. The molecule has 3 rings (SSSR count). The van der Waals surface area contributed by atoms with Crippen LogP contribution in [0.2, 0.25) is 0 Å². The summed E-state index contributed by atoms with van der Waals surface area (Å²) in [5.41, 5.74) is 0.742. The van der Waals surface area contributed by atoms with Crippen LogP contribution in [0.1, 0.15) is 71.1 Å². The fraction of sp³-hybridized carbons (Fsp3) is 1.00. The van der Waals surface area contributed by atoms with Crippen molar-refractivity contribution in [2.24, 2.45) is 5.41 Å². The van der Waals surface area contributed by atoms with Crippen LogP contribution in [0.5, 0.6) is 0 Å². The van der Waals surface area contributed by atoms with Crippen LogP contribution >= 0.6 is 0 Å². The Morgan fingerprint density at radius 3 is 2.47 bits per heavy atom. The van der Waals surface area contributed by atoms with Crippen molar-refractivity contribution < 1.29 is 0 Å².